The number of likely N-dealkylation sites (N-methyl/N-ethyl adjacent to an activating group) is 1. The fourth-order valence-corrected chi connectivity index (χ4v) is 2.73. The zero-order valence-corrected chi connectivity index (χ0v) is 15.8. The largest absolute Gasteiger partial charge is 0.484 e. The van der Waals surface area contributed by atoms with E-state index in [0.29, 0.717) is 12.3 Å². The van der Waals surface area contributed by atoms with Gasteiger partial charge in [0.25, 0.3) is 5.91 Å². The minimum atomic E-state index is -0.589. The molecule has 2 aromatic carbocycles. The van der Waals surface area contributed by atoms with Gasteiger partial charge in [-0.3, -0.25) is 9.59 Å². The van der Waals surface area contributed by atoms with Crippen LogP contribution in [0, 0.1) is 13.8 Å². The molecule has 2 aromatic rings. The second-order valence-electron chi connectivity index (χ2n) is 6.41. The number of hydrogen-bond donors (Lipinski definition) is 1. The quantitative estimate of drug-likeness (QED) is 0.832. The van der Waals surface area contributed by atoms with E-state index in [1.165, 1.54) is 0 Å². The molecule has 0 saturated carbocycles. The summed E-state index contributed by atoms with van der Waals surface area (Å²) < 4.78 is 5.63. The van der Waals surface area contributed by atoms with Crippen molar-refractivity contribution in [3.8, 4) is 5.75 Å². The molecule has 0 aliphatic rings. The molecule has 0 radical (unpaired) electrons. The second kappa shape index (κ2) is 9.04. The number of nitrogens with zero attached hydrogens (tertiary/aromatic N) is 1. The predicted octanol–water partition coefficient (Wildman–Crippen LogP) is 2.85. The van der Waals surface area contributed by atoms with Gasteiger partial charge in [-0.1, -0.05) is 42.0 Å². The van der Waals surface area contributed by atoms with Gasteiger partial charge in [0.15, 0.2) is 6.61 Å². The van der Waals surface area contributed by atoms with Crippen molar-refractivity contribution >= 4 is 11.8 Å². The molecule has 0 bridgehead atoms. The Morgan fingerprint density at radius 2 is 1.73 bits per heavy atom. The normalized spacial score (nSPS) is 11.5. The lowest BCUT2D eigenvalue weighted by atomic mass is 10.1. The van der Waals surface area contributed by atoms with Gasteiger partial charge >= 0.3 is 0 Å². The summed E-state index contributed by atoms with van der Waals surface area (Å²) in [5.41, 5.74) is 3.15. The fourth-order valence-electron chi connectivity index (χ4n) is 2.73. The summed E-state index contributed by atoms with van der Waals surface area (Å²) in [4.78, 5) is 26.4. The van der Waals surface area contributed by atoms with E-state index < -0.39 is 6.04 Å². The molecule has 1 atom stereocenters. The monoisotopic (exact) mass is 354 g/mol. The molecule has 0 heterocycles. The Morgan fingerprint density at radius 3 is 2.35 bits per heavy atom. The molecule has 2 rings (SSSR count). The van der Waals surface area contributed by atoms with Gasteiger partial charge in [0, 0.05) is 13.6 Å². The summed E-state index contributed by atoms with van der Waals surface area (Å²) >= 11 is 0. The molecule has 0 aliphatic carbocycles. The van der Waals surface area contributed by atoms with Crippen molar-refractivity contribution in [3.63, 3.8) is 0 Å². The first kappa shape index (κ1) is 19.5. The third-order valence-electron chi connectivity index (χ3n) is 4.20. The summed E-state index contributed by atoms with van der Waals surface area (Å²) in [6, 6.07) is 14.9. The average molecular weight is 354 g/mol. The lowest BCUT2D eigenvalue weighted by Gasteiger charge is -2.28. The predicted molar refractivity (Wildman–Crippen MR) is 102 cm³/mol. The van der Waals surface area contributed by atoms with Gasteiger partial charge in [0.2, 0.25) is 5.91 Å². The van der Waals surface area contributed by atoms with Gasteiger partial charge in [-0.15, -0.1) is 0 Å². The van der Waals surface area contributed by atoms with Crippen LogP contribution in [-0.4, -0.2) is 36.4 Å². The van der Waals surface area contributed by atoms with Crippen LogP contribution in [0.15, 0.2) is 48.5 Å². The molecule has 0 fully saturated rings. The van der Waals surface area contributed by atoms with E-state index in [1.54, 1.807) is 18.9 Å². The maximum absolute atomic E-state index is 12.8. The Morgan fingerprint density at radius 1 is 1.08 bits per heavy atom. The lowest BCUT2D eigenvalue weighted by Crippen LogP contribution is -2.48. The summed E-state index contributed by atoms with van der Waals surface area (Å²) in [6.45, 7) is 5.92. The van der Waals surface area contributed by atoms with Crippen LogP contribution in [0.2, 0.25) is 0 Å². The van der Waals surface area contributed by atoms with E-state index in [2.05, 4.69) is 5.32 Å². The third-order valence-corrected chi connectivity index (χ3v) is 4.20. The molecule has 138 valence electrons. The van der Waals surface area contributed by atoms with Crippen LogP contribution < -0.4 is 10.1 Å². The van der Waals surface area contributed by atoms with E-state index in [-0.39, 0.29) is 18.4 Å². The van der Waals surface area contributed by atoms with Crippen molar-refractivity contribution < 1.29 is 14.3 Å². The van der Waals surface area contributed by atoms with Crippen LogP contribution in [0.25, 0.3) is 0 Å². The van der Waals surface area contributed by atoms with E-state index >= 15 is 0 Å². The number of aryl methyl sites for hydroxylation is 2. The number of carbonyl (C=O) groups is 2. The Labute approximate surface area is 155 Å². The Kier molecular flexibility index (Phi) is 6.78. The Bertz CT molecular complexity index is 773. The number of ether oxygens (including phenoxy) is 1. The number of amides is 2. The van der Waals surface area contributed by atoms with Gasteiger partial charge in [-0.2, -0.15) is 0 Å². The zero-order valence-electron chi connectivity index (χ0n) is 15.8. The van der Waals surface area contributed by atoms with E-state index in [0.717, 1.165) is 16.7 Å². The number of carbonyl (C=O) groups excluding carboxylic acids is 2. The van der Waals surface area contributed by atoms with Crippen molar-refractivity contribution in [1.29, 1.82) is 0 Å². The van der Waals surface area contributed by atoms with E-state index in [1.807, 2.05) is 62.4 Å². The Balaban J connectivity index is 2.13. The number of rotatable bonds is 7. The van der Waals surface area contributed by atoms with Crippen molar-refractivity contribution in [2.45, 2.75) is 33.4 Å². The van der Waals surface area contributed by atoms with Gasteiger partial charge in [0.1, 0.15) is 11.8 Å². The van der Waals surface area contributed by atoms with Crippen LogP contribution in [0.5, 0.6) is 5.75 Å². The van der Waals surface area contributed by atoms with Crippen molar-refractivity contribution in [1.82, 2.24) is 10.2 Å². The first-order valence-corrected chi connectivity index (χ1v) is 8.66. The second-order valence-corrected chi connectivity index (χ2v) is 6.41. The van der Waals surface area contributed by atoms with Gasteiger partial charge in [0.05, 0.1) is 0 Å². The minimum Gasteiger partial charge on any atom is -0.484 e. The lowest BCUT2D eigenvalue weighted by molar-refractivity contribution is -0.142. The van der Waals surface area contributed by atoms with E-state index in [9.17, 15) is 9.59 Å². The summed E-state index contributed by atoms with van der Waals surface area (Å²) in [7, 11) is 1.57. The first-order chi connectivity index (χ1) is 12.4. The highest BCUT2D eigenvalue weighted by molar-refractivity contribution is 5.87. The average Bonchev–Trinajstić information content (AvgIpc) is 2.63. The molecule has 0 aromatic heterocycles. The highest BCUT2D eigenvalue weighted by Crippen LogP contribution is 2.15. The summed E-state index contributed by atoms with van der Waals surface area (Å²) in [6.07, 6.45) is 0. The van der Waals surface area contributed by atoms with Gasteiger partial charge in [-0.05, 0) is 44.0 Å². The molecule has 1 N–H and O–H groups in total. The molecule has 0 spiro atoms. The summed E-state index contributed by atoms with van der Waals surface area (Å²) in [5.74, 6) is 0.201. The maximum Gasteiger partial charge on any atom is 0.261 e. The molecule has 2 amide bonds. The van der Waals surface area contributed by atoms with Crippen molar-refractivity contribution in [2.24, 2.45) is 0 Å². The molecule has 0 aliphatic heterocycles. The topological polar surface area (TPSA) is 58.6 Å². The van der Waals surface area contributed by atoms with Crippen molar-refractivity contribution in [2.75, 3.05) is 13.7 Å². The zero-order chi connectivity index (χ0) is 19.1. The number of nitrogens with one attached hydrogen (secondary N) is 1. The van der Waals surface area contributed by atoms with Gasteiger partial charge < -0.3 is 15.0 Å². The van der Waals surface area contributed by atoms with Crippen LogP contribution >= 0.6 is 0 Å². The molecular weight excluding hydrogens is 328 g/mol. The standard InChI is InChI=1S/C21H26N2O3/c1-15-7-5-9-18(11-15)13-23(17(3)21(25)22-4)20(24)14-26-19-10-6-8-16(2)12-19/h5-12,17H,13-14H2,1-4H3,(H,22,25)/t17-/m1/s1. The minimum absolute atomic E-state index is 0.114. The van der Waals surface area contributed by atoms with Gasteiger partial charge in [-0.25, -0.2) is 0 Å². The molecular formula is C21H26N2O3. The smallest absolute Gasteiger partial charge is 0.261 e. The third kappa shape index (κ3) is 5.34. The van der Waals surface area contributed by atoms with Crippen molar-refractivity contribution in [3.05, 3.63) is 65.2 Å². The molecule has 0 unspecified atom stereocenters. The van der Waals surface area contributed by atoms with Crippen LogP contribution in [0.1, 0.15) is 23.6 Å². The van der Waals surface area contributed by atoms with Crippen LogP contribution in [0.4, 0.5) is 0 Å². The van der Waals surface area contributed by atoms with Crippen LogP contribution in [-0.2, 0) is 16.1 Å². The van der Waals surface area contributed by atoms with Crippen LogP contribution in [0.3, 0.4) is 0 Å². The summed E-state index contributed by atoms with van der Waals surface area (Å²) in [5, 5.41) is 2.60. The SMILES string of the molecule is CNC(=O)[C@@H](C)N(Cc1cccc(C)c1)C(=O)COc1cccc(C)c1. The molecule has 5 nitrogen and oxygen atoms in total. The highest BCUT2D eigenvalue weighted by Gasteiger charge is 2.25. The number of hydrogen-bond acceptors (Lipinski definition) is 3. The first-order valence-electron chi connectivity index (χ1n) is 8.66. The maximum atomic E-state index is 12.8. The van der Waals surface area contributed by atoms with E-state index in [4.69, 9.17) is 4.74 Å². The molecule has 26 heavy (non-hydrogen) atoms. The molecule has 0 saturated heterocycles. The Hall–Kier alpha value is -2.82. The highest BCUT2D eigenvalue weighted by atomic mass is 16.5. The number of benzene rings is 2. The molecule has 5 heteroatoms. The fraction of sp³-hybridized carbons (Fsp3) is 0.333.